The number of esters is 1. The number of ether oxygens (including phenoxy) is 1. The quantitative estimate of drug-likeness (QED) is 0.199. The Morgan fingerprint density at radius 2 is 1.84 bits per heavy atom. The van der Waals surface area contributed by atoms with Crippen molar-refractivity contribution in [2.24, 2.45) is 10.9 Å². The van der Waals surface area contributed by atoms with Gasteiger partial charge in [-0.3, -0.25) is 10.5 Å². The highest BCUT2D eigenvalue weighted by Gasteiger charge is 2.43. The van der Waals surface area contributed by atoms with Gasteiger partial charge >= 0.3 is 12.1 Å². The molecule has 3 rings (SSSR count). The average Bonchev–Trinajstić information content (AvgIpc) is 3.31. The van der Waals surface area contributed by atoms with E-state index >= 15 is 0 Å². The molecule has 1 unspecified atom stereocenters. The summed E-state index contributed by atoms with van der Waals surface area (Å²) in [6.45, 7) is 1.25. The number of anilines is 1. The van der Waals surface area contributed by atoms with Crippen molar-refractivity contribution in [3.8, 4) is 22.5 Å². The number of hydrogen-bond acceptors (Lipinski definition) is 12. The molecule has 0 radical (unpaired) electrons. The van der Waals surface area contributed by atoms with Crippen LogP contribution < -0.4 is 16.2 Å². The minimum absolute atomic E-state index is 0.0150. The zero-order valence-electron chi connectivity index (χ0n) is 18.9. The number of nitrogens with one attached hydrogen (secondary N) is 2. The molecular formula is C18H17F3N8O7S2. The van der Waals surface area contributed by atoms with E-state index in [9.17, 15) is 39.6 Å². The van der Waals surface area contributed by atoms with Crippen molar-refractivity contribution in [2.45, 2.75) is 29.1 Å². The number of amides is 1. The first kappa shape index (κ1) is 28.6. The second-order valence-electron chi connectivity index (χ2n) is 7.45. The molecule has 0 fully saturated rings. The number of benzene rings is 1. The number of nitrogens with two attached hydrogens (primary N) is 2. The fourth-order valence-corrected chi connectivity index (χ4v) is 6.09. The molecule has 2 heterocycles. The number of nitrogens with zero attached hydrogens (tertiary/aromatic N) is 4. The summed E-state index contributed by atoms with van der Waals surface area (Å²) in [6.07, 6.45) is -6.55. The minimum Gasteiger partial charge on any atom is -0.439 e. The molecule has 6 N–H and O–H groups in total. The average molecular weight is 579 g/mol. The number of sulfonamides is 1. The third-order valence-electron chi connectivity index (χ3n) is 4.58. The van der Waals surface area contributed by atoms with Gasteiger partial charge in [0, 0.05) is 24.2 Å². The molecule has 0 aliphatic rings. The molecule has 0 saturated heterocycles. The van der Waals surface area contributed by atoms with Gasteiger partial charge in [0.15, 0.2) is 21.9 Å². The number of rotatable bonds is 8. The summed E-state index contributed by atoms with van der Waals surface area (Å²) < 4.78 is 92.8. The van der Waals surface area contributed by atoms with Crippen molar-refractivity contribution < 1.29 is 44.3 Å². The van der Waals surface area contributed by atoms with Crippen LogP contribution in [-0.4, -0.2) is 72.5 Å². The molecule has 0 aliphatic heterocycles. The Kier molecular flexibility index (Phi) is 7.81. The van der Waals surface area contributed by atoms with Crippen molar-refractivity contribution >= 4 is 37.6 Å². The lowest BCUT2D eigenvalue weighted by Crippen LogP contribution is -2.39. The van der Waals surface area contributed by atoms with Crippen LogP contribution in [0.25, 0.3) is 22.5 Å². The third kappa shape index (κ3) is 6.45. The van der Waals surface area contributed by atoms with Crippen molar-refractivity contribution in [3.05, 3.63) is 30.5 Å². The summed E-state index contributed by atoms with van der Waals surface area (Å²) in [5.41, 5.74) is 5.07. The number of tetrazole rings is 1. The van der Waals surface area contributed by atoms with Gasteiger partial charge in [-0.25, -0.2) is 36.9 Å². The van der Waals surface area contributed by atoms with E-state index in [1.807, 2.05) is 0 Å². The normalized spacial score (nSPS) is 13.1. The smallest absolute Gasteiger partial charge is 0.439 e. The maximum atomic E-state index is 13.1. The van der Waals surface area contributed by atoms with Gasteiger partial charge in [-0.1, -0.05) is 6.07 Å². The lowest BCUT2D eigenvalue weighted by atomic mass is 10.0. The first-order chi connectivity index (χ1) is 17.5. The van der Waals surface area contributed by atoms with E-state index in [4.69, 9.17) is 10.9 Å². The number of alkyl halides is 3. The van der Waals surface area contributed by atoms with E-state index in [2.05, 4.69) is 35.7 Å². The van der Waals surface area contributed by atoms with Crippen LogP contribution in [0.5, 0.6) is 0 Å². The van der Waals surface area contributed by atoms with Crippen molar-refractivity contribution in [3.63, 3.8) is 0 Å². The molecule has 0 spiro atoms. The lowest BCUT2D eigenvalue weighted by Gasteiger charge is -2.18. The van der Waals surface area contributed by atoms with Crippen LogP contribution in [0.3, 0.4) is 0 Å². The Hall–Kier alpha value is -4.01. The number of aromatic amines is 1. The third-order valence-corrected chi connectivity index (χ3v) is 7.48. The molecule has 20 heteroatoms. The molecule has 0 aliphatic carbocycles. The van der Waals surface area contributed by atoms with Gasteiger partial charge in [0.25, 0.3) is 0 Å². The topological polar surface area (TPSA) is 243 Å². The molecule has 1 amide bonds. The standard InChI is InChI=1S/C18H17F3N8O7S2/c1-8(30)25-13-5-2-9(6-24-13)10-3-4-11(15(38(23,34)35)14(10)16-26-28-29-27-16)37(32,33)7-12(22)36-17(31)18(19,20)21/h2-6,12H,7,22H2,1H3,(H2,23,34,35)(H,24,25,30)(H,26,27,28,29). The second-order valence-corrected chi connectivity index (χ2v) is 10.9. The largest absolute Gasteiger partial charge is 0.490 e. The van der Waals surface area contributed by atoms with Crippen LogP contribution in [0.4, 0.5) is 19.0 Å². The second kappa shape index (κ2) is 10.4. The fraction of sp³-hybridized carbons (Fsp3) is 0.222. The Morgan fingerprint density at radius 3 is 2.34 bits per heavy atom. The zero-order chi connectivity index (χ0) is 28.5. The predicted octanol–water partition coefficient (Wildman–Crippen LogP) is -0.301. The molecule has 204 valence electrons. The Morgan fingerprint density at radius 1 is 1.16 bits per heavy atom. The minimum atomic E-state index is -5.45. The van der Waals surface area contributed by atoms with Crippen molar-refractivity contribution in [1.29, 1.82) is 0 Å². The van der Waals surface area contributed by atoms with Gasteiger partial charge in [0.2, 0.25) is 15.9 Å². The van der Waals surface area contributed by atoms with Crippen LogP contribution >= 0.6 is 0 Å². The number of halogens is 3. The number of primary sulfonamides is 1. The van der Waals surface area contributed by atoms with Crippen LogP contribution in [0, 0.1) is 0 Å². The maximum absolute atomic E-state index is 13.1. The van der Waals surface area contributed by atoms with E-state index in [1.54, 1.807) is 0 Å². The van der Waals surface area contributed by atoms with Gasteiger partial charge in [-0.15, -0.1) is 5.10 Å². The first-order valence-electron chi connectivity index (χ1n) is 9.94. The first-order valence-corrected chi connectivity index (χ1v) is 13.1. The van der Waals surface area contributed by atoms with Crippen molar-refractivity contribution in [2.75, 3.05) is 11.1 Å². The maximum Gasteiger partial charge on any atom is 0.490 e. The van der Waals surface area contributed by atoms with E-state index in [0.29, 0.717) is 0 Å². The monoisotopic (exact) mass is 578 g/mol. The van der Waals surface area contributed by atoms with Crippen LogP contribution in [0.1, 0.15) is 6.92 Å². The molecular weight excluding hydrogens is 561 g/mol. The van der Waals surface area contributed by atoms with E-state index in [0.717, 1.165) is 12.1 Å². The lowest BCUT2D eigenvalue weighted by molar-refractivity contribution is -0.203. The number of pyridine rings is 1. The summed E-state index contributed by atoms with van der Waals surface area (Å²) in [5, 5.41) is 20.4. The summed E-state index contributed by atoms with van der Waals surface area (Å²) in [4.78, 5) is 24.3. The van der Waals surface area contributed by atoms with E-state index in [-0.39, 0.29) is 22.8 Å². The Balaban J connectivity index is 2.20. The molecule has 15 nitrogen and oxygen atoms in total. The fourth-order valence-electron chi connectivity index (χ4n) is 3.18. The number of hydrogen-bond donors (Lipinski definition) is 4. The molecule has 1 atom stereocenters. The number of H-pyrrole nitrogens is 1. The Bertz CT molecular complexity index is 1580. The number of aromatic nitrogens is 5. The molecule has 1 aromatic carbocycles. The van der Waals surface area contributed by atoms with Gasteiger partial charge in [0.05, 0.1) is 4.90 Å². The molecule has 38 heavy (non-hydrogen) atoms. The molecule has 0 saturated carbocycles. The number of sulfone groups is 1. The summed E-state index contributed by atoms with van der Waals surface area (Å²) in [7, 11) is -9.78. The summed E-state index contributed by atoms with van der Waals surface area (Å²) in [5.74, 6) is -4.79. The van der Waals surface area contributed by atoms with Crippen LogP contribution in [0.15, 0.2) is 40.3 Å². The highest BCUT2D eigenvalue weighted by atomic mass is 32.2. The summed E-state index contributed by atoms with van der Waals surface area (Å²) >= 11 is 0. The summed E-state index contributed by atoms with van der Waals surface area (Å²) in [6, 6.07) is 4.74. The highest BCUT2D eigenvalue weighted by Crippen LogP contribution is 2.39. The number of carbonyl (C=O) groups is 2. The van der Waals surface area contributed by atoms with Gasteiger partial charge in [0.1, 0.15) is 16.5 Å². The van der Waals surface area contributed by atoms with E-state index < -0.39 is 65.2 Å². The predicted molar refractivity (Wildman–Crippen MR) is 121 cm³/mol. The van der Waals surface area contributed by atoms with Gasteiger partial charge in [-0.2, -0.15) is 13.2 Å². The van der Waals surface area contributed by atoms with E-state index in [1.165, 1.54) is 25.3 Å². The highest BCUT2D eigenvalue weighted by molar-refractivity contribution is 7.93. The zero-order valence-corrected chi connectivity index (χ0v) is 20.6. The molecule has 3 aromatic rings. The number of carbonyl (C=O) groups excluding carboxylic acids is 2. The molecule has 0 bridgehead atoms. The van der Waals surface area contributed by atoms with Gasteiger partial charge in [-0.05, 0) is 34.2 Å². The van der Waals surface area contributed by atoms with Gasteiger partial charge < -0.3 is 10.1 Å². The molecule has 2 aromatic heterocycles. The van der Waals surface area contributed by atoms with Crippen LogP contribution in [-0.2, 0) is 34.2 Å². The SMILES string of the molecule is CC(=O)Nc1ccc(-c2ccc(S(=O)(=O)CC(N)OC(=O)C(F)(F)F)c(S(N)(=O)=O)c2-c2nnn[nH]2)cn1. The van der Waals surface area contributed by atoms with Crippen molar-refractivity contribution in [1.82, 2.24) is 25.6 Å². The Labute approximate surface area is 211 Å². The van der Waals surface area contributed by atoms with Crippen LogP contribution in [0.2, 0.25) is 0 Å².